The minimum atomic E-state index is -0.862. The number of aliphatic hydroxyl groups is 1. The van der Waals surface area contributed by atoms with Crippen LogP contribution in [0.5, 0.6) is 0 Å². The highest BCUT2D eigenvalue weighted by atomic mass is 32.2. The predicted octanol–water partition coefficient (Wildman–Crippen LogP) is 2.46. The summed E-state index contributed by atoms with van der Waals surface area (Å²) in [6.07, 6.45) is -0.862. The average molecular weight is 253 g/mol. The lowest BCUT2D eigenvalue weighted by molar-refractivity contribution is 0.191. The fraction of sp³-hybridized carbons (Fsp3) is 0.273. The van der Waals surface area contributed by atoms with E-state index in [0.29, 0.717) is 15.9 Å². The van der Waals surface area contributed by atoms with Crippen molar-refractivity contribution >= 4 is 11.8 Å². The van der Waals surface area contributed by atoms with Crippen molar-refractivity contribution in [3.8, 4) is 0 Å². The third kappa shape index (κ3) is 2.65. The molecule has 17 heavy (non-hydrogen) atoms. The van der Waals surface area contributed by atoms with Crippen molar-refractivity contribution in [2.75, 3.05) is 0 Å². The quantitative estimate of drug-likeness (QED) is 0.882. The molecule has 6 heteroatoms. The highest BCUT2D eigenvalue weighted by molar-refractivity contribution is 7.99. The Balaban J connectivity index is 2.35. The van der Waals surface area contributed by atoms with Gasteiger partial charge >= 0.3 is 0 Å². The number of hydrogen-bond donors (Lipinski definition) is 2. The topological polar surface area (TPSA) is 61.8 Å². The summed E-state index contributed by atoms with van der Waals surface area (Å²) in [7, 11) is 0. The largest absolute Gasteiger partial charge is 0.389 e. The van der Waals surface area contributed by atoms with Crippen molar-refractivity contribution < 1.29 is 9.50 Å². The number of aliphatic hydroxyl groups excluding tert-OH is 1. The summed E-state index contributed by atoms with van der Waals surface area (Å²) >= 11 is 1.22. The number of rotatable bonds is 3. The van der Waals surface area contributed by atoms with Crippen molar-refractivity contribution in [2.24, 2.45) is 0 Å². The second-order valence-electron chi connectivity index (χ2n) is 3.63. The Bertz CT molecular complexity index is 527. The third-order valence-corrected chi connectivity index (χ3v) is 3.15. The number of halogens is 1. The van der Waals surface area contributed by atoms with Crippen molar-refractivity contribution in [3.05, 3.63) is 35.4 Å². The fourth-order valence-electron chi connectivity index (χ4n) is 1.48. The van der Waals surface area contributed by atoms with Crippen LogP contribution in [-0.2, 0) is 0 Å². The molecule has 90 valence electrons. The zero-order chi connectivity index (χ0) is 12.4. The second-order valence-corrected chi connectivity index (χ2v) is 4.64. The van der Waals surface area contributed by atoms with E-state index in [1.54, 1.807) is 19.1 Å². The molecule has 1 aromatic carbocycles. The Kier molecular flexibility index (Phi) is 3.44. The molecule has 1 aromatic heterocycles. The van der Waals surface area contributed by atoms with Gasteiger partial charge in [0, 0.05) is 10.5 Å². The SMILES string of the molecule is Cc1nc(Sc2cccc(F)c2C(C)O)n[nH]1. The monoisotopic (exact) mass is 253 g/mol. The lowest BCUT2D eigenvalue weighted by atomic mass is 10.1. The molecule has 2 N–H and O–H groups in total. The van der Waals surface area contributed by atoms with Crippen LogP contribution in [-0.4, -0.2) is 20.3 Å². The summed E-state index contributed by atoms with van der Waals surface area (Å²) in [5, 5.41) is 16.8. The molecule has 1 unspecified atom stereocenters. The van der Waals surface area contributed by atoms with Crippen molar-refractivity contribution in [1.29, 1.82) is 0 Å². The van der Waals surface area contributed by atoms with E-state index < -0.39 is 11.9 Å². The molecule has 0 radical (unpaired) electrons. The number of aryl methyl sites for hydroxylation is 1. The fourth-order valence-corrected chi connectivity index (χ4v) is 2.47. The smallest absolute Gasteiger partial charge is 0.213 e. The highest BCUT2D eigenvalue weighted by Crippen LogP contribution is 2.32. The first-order valence-electron chi connectivity index (χ1n) is 5.11. The molecular weight excluding hydrogens is 241 g/mol. The number of aromatic amines is 1. The highest BCUT2D eigenvalue weighted by Gasteiger charge is 2.15. The molecule has 0 spiro atoms. The van der Waals surface area contributed by atoms with Crippen LogP contribution in [0.15, 0.2) is 28.3 Å². The van der Waals surface area contributed by atoms with E-state index in [1.165, 1.54) is 24.8 Å². The van der Waals surface area contributed by atoms with Gasteiger partial charge in [0.05, 0.1) is 6.10 Å². The molecular formula is C11H12FN3OS. The molecule has 1 atom stereocenters. The standard InChI is InChI=1S/C11H12FN3OS/c1-6(16)10-8(12)4-3-5-9(10)17-11-13-7(2)14-15-11/h3-6,16H,1-2H3,(H,13,14,15). The van der Waals surface area contributed by atoms with E-state index in [4.69, 9.17) is 0 Å². The van der Waals surface area contributed by atoms with Gasteiger partial charge in [-0.2, -0.15) is 0 Å². The number of nitrogens with zero attached hydrogens (tertiary/aromatic N) is 2. The molecule has 0 aliphatic rings. The van der Waals surface area contributed by atoms with Crippen LogP contribution in [0.1, 0.15) is 24.4 Å². The predicted molar refractivity (Wildman–Crippen MR) is 62.3 cm³/mol. The average Bonchev–Trinajstić information content (AvgIpc) is 2.63. The van der Waals surface area contributed by atoms with Gasteiger partial charge in [0.2, 0.25) is 5.16 Å². The van der Waals surface area contributed by atoms with Crippen LogP contribution in [0.3, 0.4) is 0 Å². The minimum absolute atomic E-state index is 0.278. The summed E-state index contributed by atoms with van der Waals surface area (Å²) in [5.41, 5.74) is 0.278. The summed E-state index contributed by atoms with van der Waals surface area (Å²) in [6.45, 7) is 3.32. The number of H-pyrrole nitrogens is 1. The number of aromatic nitrogens is 3. The first kappa shape index (κ1) is 12.1. The van der Waals surface area contributed by atoms with Crippen molar-refractivity contribution in [1.82, 2.24) is 15.2 Å². The first-order valence-corrected chi connectivity index (χ1v) is 5.93. The van der Waals surface area contributed by atoms with E-state index in [9.17, 15) is 9.50 Å². The zero-order valence-corrected chi connectivity index (χ0v) is 10.3. The molecule has 1 heterocycles. The van der Waals surface area contributed by atoms with E-state index in [1.807, 2.05) is 0 Å². The normalized spacial score (nSPS) is 12.7. The van der Waals surface area contributed by atoms with E-state index in [-0.39, 0.29) is 5.56 Å². The number of hydrogen-bond acceptors (Lipinski definition) is 4. The summed E-state index contributed by atoms with van der Waals surface area (Å²) in [4.78, 5) is 4.75. The van der Waals surface area contributed by atoms with Gasteiger partial charge in [-0.15, -0.1) is 5.10 Å². The van der Waals surface area contributed by atoms with Gasteiger partial charge < -0.3 is 5.11 Å². The molecule has 0 aliphatic carbocycles. The number of benzene rings is 1. The number of nitrogens with one attached hydrogen (secondary N) is 1. The first-order chi connectivity index (χ1) is 8.08. The van der Waals surface area contributed by atoms with Crippen molar-refractivity contribution in [2.45, 2.75) is 30.0 Å². The van der Waals surface area contributed by atoms with Gasteiger partial charge in [-0.25, -0.2) is 9.37 Å². The Labute approximate surface area is 102 Å². The lowest BCUT2D eigenvalue weighted by Gasteiger charge is -2.10. The van der Waals surface area contributed by atoms with Gasteiger partial charge in [0.25, 0.3) is 0 Å². The van der Waals surface area contributed by atoms with Gasteiger partial charge in [0.15, 0.2) is 0 Å². The van der Waals surface area contributed by atoms with Crippen LogP contribution in [0, 0.1) is 12.7 Å². The molecule has 2 aromatic rings. The maximum absolute atomic E-state index is 13.6. The third-order valence-electron chi connectivity index (χ3n) is 2.21. The Morgan fingerprint density at radius 3 is 2.82 bits per heavy atom. The zero-order valence-electron chi connectivity index (χ0n) is 9.44. The molecule has 2 rings (SSSR count). The summed E-state index contributed by atoms with van der Waals surface area (Å²) in [5.74, 6) is 0.278. The Hall–Kier alpha value is -1.40. The van der Waals surface area contributed by atoms with Gasteiger partial charge in [-0.1, -0.05) is 6.07 Å². The molecule has 0 bridgehead atoms. The van der Waals surface area contributed by atoms with Crippen LogP contribution in [0.2, 0.25) is 0 Å². The van der Waals surface area contributed by atoms with E-state index in [2.05, 4.69) is 15.2 Å². The molecule has 0 saturated carbocycles. The molecule has 0 fully saturated rings. The molecule has 0 saturated heterocycles. The summed E-state index contributed by atoms with van der Waals surface area (Å²) < 4.78 is 13.6. The van der Waals surface area contributed by atoms with Gasteiger partial charge in [-0.3, -0.25) is 5.10 Å². The Morgan fingerprint density at radius 1 is 1.47 bits per heavy atom. The maximum atomic E-state index is 13.6. The molecule has 0 aliphatic heterocycles. The molecule has 0 amide bonds. The van der Waals surface area contributed by atoms with Crippen LogP contribution < -0.4 is 0 Å². The lowest BCUT2D eigenvalue weighted by Crippen LogP contribution is -1.98. The van der Waals surface area contributed by atoms with Crippen LogP contribution in [0.25, 0.3) is 0 Å². The van der Waals surface area contributed by atoms with Gasteiger partial charge in [0.1, 0.15) is 11.6 Å². The van der Waals surface area contributed by atoms with E-state index in [0.717, 1.165) is 0 Å². The van der Waals surface area contributed by atoms with Crippen LogP contribution >= 0.6 is 11.8 Å². The maximum Gasteiger partial charge on any atom is 0.213 e. The molecule has 4 nitrogen and oxygen atoms in total. The minimum Gasteiger partial charge on any atom is -0.389 e. The Morgan fingerprint density at radius 2 is 2.24 bits per heavy atom. The summed E-state index contributed by atoms with van der Waals surface area (Å²) in [6, 6.07) is 4.67. The van der Waals surface area contributed by atoms with Gasteiger partial charge in [-0.05, 0) is 37.7 Å². The van der Waals surface area contributed by atoms with E-state index >= 15 is 0 Å². The van der Waals surface area contributed by atoms with Crippen molar-refractivity contribution in [3.63, 3.8) is 0 Å². The van der Waals surface area contributed by atoms with Crippen LogP contribution in [0.4, 0.5) is 4.39 Å². The second kappa shape index (κ2) is 4.85.